The summed E-state index contributed by atoms with van der Waals surface area (Å²) in [5.41, 5.74) is 0. The van der Waals surface area contributed by atoms with Gasteiger partial charge in [0.1, 0.15) is 0 Å². The summed E-state index contributed by atoms with van der Waals surface area (Å²) in [6.07, 6.45) is -0.604. The number of halogens is 1. The zero-order chi connectivity index (χ0) is 13.0. The number of alkyl halides is 1. The van der Waals surface area contributed by atoms with Gasteiger partial charge in [0.2, 0.25) is 0 Å². The first-order chi connectivity index (χ1) is 8.04. The number of hydrogen-bond donors (Lipinski definition) is 1. The maximum absolute atomic E-state index is 11.3. The first kappa shape index (κ1) is 14.7. The average molecular weight is 267 g/mol. The molecule has 0 saturated heterocycles. The van der Waals surface area contributed by atoms with Crippen molar-refractivity contribution in [3.8, 4) is 0 Å². The quantitative estimate of drug-likeness (QED) is 0.452. The molecule has 0 radical (unpaired) electrons. The highest BCUT2D eigenvalue weighted by Crippen LogP contribution is 2.41. The van der Waals surface area contributed by atoms with E-state index in [2.05, 4.69) is 4.74 Å². The van der Waals surface area contributed by atoms with Crippen LogP contribution in [0.2, 0.25) is 0 Å². The van der Waals surface area contributed by atoms with E-state index in [0.717, 1.165) is 0 Å². The Kier molecular flexibility index (Phi) is 5.66. The van der Waals surface area contributed by atoms with Gasteiger partial charge in [-0.1, -0.05) is 0 Å². The largest absolute Gasteiger partial charge is 0.469 e. The fourth-order valence-corrected chi connectivity index (χ4v) is 2.86. The van der Waals surface area contributed by atoms with Crippen LogP contribution in [0.25, 0.3) is 0 Å². The molecular formula is C11H19ClO5. The van der Waals surface area contributed by atoms with Crippen LogP contribution in [0.1, 0.15) is 12.8 Å². The predicted octanol–water partition coefficient (Wildman–Crippen LogP) is 0.773. The van der Waals surface area contributed by atoms with Crippen LogP contribution in [0.4, 0.5) is 0 Å². The van der Waals surface area contributed by atoms with Crippen LogP contribution < -0.4 is 0 Å². The zero-order valence-electron chi connectivity index (χ0n) is 10.3. The molecule has 0 aliphatic heterocycles. The molecule has 0 aromatic carbocycles. The molecule has 0 aromatic rings. The van der Waals surface area contributed by atoms with E-state index in [1.54, 1.807) is 0 Å². The van der Waals surface area contributed by atoms with Gasteiger partial charge in [0.25, 0.3) is 0 Å². The standard InChI is InChI=1S/C11H19ClO5/c1-15-9(14)4-6-7(12)5-8(13)10(6)11(16-2)17-3/h6-8,10-11,13H,4-5H2,1-3H3. The topological polar surface area (TPSA) is 65.0 Å². The fraction of sp³-hybridized carbons (Fsp3) is 0.909. The second-order valence-electron chi connectivity index (χ2n) is 4.18. The molecule has 17 heavy (non-hydrogen) atoms. The minimum Gasteiger partial charge on any atom is -0.469 e. The molecule has 1 rings (SSSR count). The number of rotatable bonds is 5. The van der Waals surface area contributed by atoms with E-state index in [0.29, 0.717) is 6.42 Å². The maximum Gasteiger partial charge on any atom is 0.305 e. The minimum atomic E-state index is -0.628. The number of hydrogen-bond acceptors (Lipinski definition) is 5. The summed E-state index contributed by atoms with van der Waals surface area (Å²) >= 11 is 6.15. The Morgan fingerprint density at radius 2 is 2.00 bits per heavy atom. The number of esters is 1. The number of aliphatic hydroxyl groups is 1. The Morgan fingerprint density at radius 1 is 1.41 bits per heavy atom. The summed E-state index contributed by atoms with van der Waals surface area (Å²) in [5.74, 6) is -0.860. The molecule has 0 aromatic heterocycles. The van der Waals surface area contributed by atoms with Gasteiger partial charge in [-0.05, 0) is 12.3 Å². The first-order valence-corrected chi connectivity index (χ1v) is 5.93. The lowest BCUT2D eigenvalue weighted by molar-refractivity contribution is -0.167. The minimum absolute atomic E-state index is 0.162. The van der Waals surface area contributed by atoms with Gasteiger partial charge in [0, 0.05) is 25.5 Å². The number of aliphatic hydroxyl groups excluding tert-OH is 1. The summed E-state index contributed by atoms with van der Waals surface area (Å²) in [5, 5.41) is 9.68. The number of methoxy groups -OCH3 is 3. The van der Waals surface area contributed by atoms with Gasteiger partial charge in [-0.2, -0.15) is 0 Å². The van der Waals surface area contributed by atoms with Crippen molar-refractivity contribution in [1.82, 2.24) is 0 Å². The highest BCUT2D eigenvalue weighted by molar-refractivity contribution is 6.21. The molecule has 100 valence electrons. The summed E-state index contributed by atoms with van der Waals surface area (Å²) in [6.45, 7) is 0. The molecule has 1 aliphatic rings. The van der Waals surface area contributed by atoms with Crippen molar-refractivity contribution in [1.29, 1.82) is 0 Å². The average Bonchev–Trinajstić information content (AvgIpc) is 2.57. The summed E-state index contributed by atoms with van der Waals surface area (Å²) in [6, 6.07) is 0. The van der Waals surface area contributed by atoms with Gasteiger partial charge in [-0.25, -0.2) is 0 Å². The van der Waals surface area contributed by atoms with Crippen LogP contribution in [-0.2, 0) is 19.0 Å². The number of carbonyl (C=O) groups excluding carboxylic acids is 1. The van der Waals surface area contributed by atoms with Crippen LogP contribution >= 0.6 is 11.6 Å². The Morgan fingerprint density at radius 3 is 2.47 bits per heavy atom. The van der Waals surface area contributed by atoms with E-state index in [9.17, 15) is 9.90 Å². The van der Waals surface area contributed by atoms with E-state index in [1.807, 2.05) is 0 Å². The highest BCUT2D eigenvalue weighted by atomic mass is 35.5. The van der Waals surface area contributed by atoms with Gasteiger partial charge in [-0.3, -0.25) is 4.79 Å². The third kappa shape index (κ3) is 3.31. The molecular weight excluding hydrogens is 248 g/mol. The molecule has 0 bridgehead atoms. The van der Waals surface area contributed by atoms with Crippen molar-refractivity contribution in [2.45, 2.75) is 30.6 Å². The zero-order valence-corrected chi connectivity index (χ0v) is 11.0. The molecule has 1 saturated carbocycles. The van der Waals surface area contributed by atoms with Crippen LogP contribution in [0.15, 0.2) is 0 Å². The second kappa shape index (κ2) is 6.54. The smallest absolute Gasteiger partial charge is 0.305 e. The van der Waals surface area contributed by atoms with Crippen LogP contribution in [0.3, 0.4) is 0 Å². The summed E-state index contributed by atoms with van der Waals surface area (Å²) in [4.78, 5) is 11.3. The Bertz CT molecular complexity index is 256. The van der Waals surface area contributed by atoms with E-state index in [4.69, 9.17) is 21.1 Å². The molecule has 1 fully saturated rings. The van der Waals surface area contributed by atoms with E-state index in [1.165, 1.54) is 21.3 Å². The lowest BCUT2D eigenvalue weighted by Crippen LogP contribution is -2.36. The molecule has 6 heteroatoms. The first-order valence-electron chi connectivity index (χ1n) is 5.49. The summed E-state index contributed by atoms with van der Waals surface area (Å²) < 4.78 is 14.9. The van der Waals surface area contributed by atoms with Gasteiger partial charge in [0.15, 0.2) is 6.29 Å². The van der Waals surface area contributed by atoms with Gasteiger partial charge >= 0.3 is 5.97 Å². The Hall–Kier alpha value is -0.360. The normalized spacial score (nSPS) is 33.1. The molecule has 0 spiro atoms. The fourth-order valence-electron chi connectivity index (χ4n) is 2.42. The lowest BCUT2D eigenvalue weighted by Gasteiger charge is -2.28. The molecule has 0 heterocycles. The molecule has 0 amide bonds. The molecule has 5 nitrogen and oxygen atoms in total. The summed E-state index contributed by atoms with van der Waals surface area (Å²) in [7, 11) is 4.32. The van der Waals surface area contributed by atoms with Gasteiger partial charge in [0.05, 0.1) is 19.6 Å². The monoisotopic (exact) mass is 266 g/mol. The van der Waals surface area contributed by atoms with Crippen LogP contribution in [0, 0.1) is 11.8 Å². The van der Waals surface area contributed by atoms with E-state index in [-0.39, 0.29) is 29.6 Å². The third-order valence-electron chi connectivity index (χ3n) is 3.28. The van der Waals surface area contributed by atoms with E-state index >= 15 is 0 Å². The molecule has 1 aliphatic carbocycles. The molecule has 4 unspecified atom stereocenters. The van der Waals surface area contributed by atoms with Crippen molar-refractivity contribution in [2.75, 3.05) is 21.3 Å². The van der Waals surface area contributed by atoms with Crippen LogP contribution in [0.5, 0.6) is 0 Å². The molecule has 4 atom stereocenters. The van der Waals surface area contributed by atoms with Crippen molar-refractivity contribution in [2.24, 2.45) is 11.8 Å². The SMILES string of the molecule is COC(=O)CC1C(Cl)CC(O)C1C(OC)OC. The maximum atomic E-state index is 11.3. The van der Waals surface area contributed by atoms with E-state index < -0.39 is 12.4 Å². The van der Waals surface area contributed by atoms with Crippen molar-refractivity contribution in [3.05, 3.63) is 0 Å². The Labute approximate surface area is 106 Å². The predicted molar refractivity (Wildman–Crippen MR) is 61.7 cm³/mol. The van der Waals surface area contributed by atoms with Gasteiger partial charge < -0.3 is 19.3 Å². The van der Waals surface area contributed by atoms with Crippen LogP contribution in [-0.4, -0.2) is 50.2 Å². The number of carbonyl (C=O) groups is 1. The Balaban J connectivity index is 2.78. The highest BCUT2D eigenvalue weighted by Gasteiger charge is 2.47. The second-order valence-corrected chi connectivity index (χ2v) is 4.74. The van der Waals surface area contributed by atoms with Crippen molar-refractivity contribution >= 4 is 17.6 Å². The molecule has 1 N–H and O–H groups in total. The third-order valence-corrected chi connectivity index (χ3v) is 3.78. The number of ether oxygens (including phenoxy) is 3. The van der Waals surface area contributed by atoms with Crippen molar-refractivity contribution in [3.63, 3.8) is 0 Å². The lowest BCUT2D eigenvalue weighted by atomic mass is 9.91. The van der Waals surface area contributed by atoms with Gasteiger partial charge in [-0.15, -0.1) is 11.6 Å². The van der Waals surface area contributed by atoms with Crippen molar-refractivity contribution < 1.29 is 24.1 Å².